The zero-order valence-corrected chi connectivity index (χ0v) is 12.8. The number of anilines is 1. The molecular formula is C18H26N2O. The summed E-state index contributed by atoms with van der Waals surface area (Å²) < 4.78 is 0. The summed E-state index contributed by atoms with van der Waals surface area (Å²) in [6.07, 6.45) is 9.50. The first-order valence-electron chi connectivity index (χ1n) is 8.40. The van der Waals surface area contributed by atoms with Crippen LogP contribution in [0, 0.1) is 5.92 Å². The van der Waals surface area contributed by atoms with Crippen LogP contribution in [0.1, 0.15) is 56.1 Å². The fourth-order valence-corrected chi connectivity index (χ4v) is 3.73. The van der Waals surface area contributed by atoms with E-state index < -0.39 is 0 Å². The zero-order valence-electron chi connectivity index (χ0n) is 12.8. The molecule has 1 amide bonds. The van der Waals surface area contributed by atoms with Gasteiger partial charge in [-0.15, -0.1) is 0 Å². The number of nitrogen functional groups attached to an aromatic ring is 1. The number of amides is 1. The lowest BCUT2D eigenvalue weighted by molar-refractivity contribution is -0.137. The second-order valence-corrected chi connectivity index (χ2v) is 6.58. The number of carbonyl (C=O) groups excluding carboxylic acids is 1. The highest BCUT2D eigenvalue weighted by atomic mass is 16.2. The number of hydrogen-bond donors (Lipinski definition) is 1. The van der Waals surface area contributed by atoms with Crippen molar-refractivity contribution in [2.45, 2.75) is 57.9 Å². The van der Waals surface area contributed by atoms with Crippen molar-refractivity contribution in [3.63, 3.8) is 0 Å². The number of benzene rings is 1. The molecule has 114 valence electrons. The van der Waals surface area contributed by atoms with Crippen LogP contribution in [0.4, 0.5) is 5.69 Å². The lowest BCUT2D eigenvalue weighted by Crippen LogP contribution is -2.40. The van der Waals surface area contributed by atoms with Gasteiger partial charge >= 0.3 is 0 Å². The minimum Gasteiger partial charge on any atom is -0.399 e. The first kappa shape index (κ1) is 14.4. The maximum absolute atomic E-state index is 12.8. The van der Waals surface area contributed by atoms with Gasteiger partial charge in [-0.1, -0.05) is 38.2 Å². The molecule has 0 unspecified atom stereocenters. The Morgan fingerprint density at radius 1 is 1.05 bits per heavy atom. The first-order chi connectivity index (χ1) is 10.2. The highest BCUT2D eigenvalue weighted by molar-refractivity contribution is 5.79. The molecule has 0 spiro atoms. The second-order valence-electron chi connectivity index (χ2n) is 6.58. The minimum absolute atomic E-state index is 0.257. The third kappa shape index (κ3) is 3.39. The van der Waals surface area contributed by atoms with Crippen LogP contribution in [-0.4, -0.2) is 17.4 Å². The van der Waals surface area contributed by atoms with E-state index in [0.717, 1.165) is 38.0 Å². The van der Waals surface area contributed by atoms with E-state index >= 15 is 0 Å². The van der Waals surface area contributed by atoms with Crippen molar-refractivity contribution in [2.75, 3.05) is 12.3 Å². The van der Waals surface area contributed by atoms with Gasteiger partial charge in [-0.2, -0.15) is 0 Å². The molecule has 21 heavy (non-hydrogen) atoms. The smallest absolute Gasteiger partial charge is 0.225 e. The van der Waals surface area contributed by atoms with E-state index in [1.165, 1.54) is 43.2 Å². The lowest BCUT2D eigenvalue weighted by Gasteiger charge is -2.32. The second kappa shape index (κ2) is 6.50. The van der Waals surface area contributed by atoms with E-state index in [1.807, 2.05) is 12.1 Å². The van der Waals surface area contributed by atoms with Crippen LogP contribution in [-0.2, 0) is 17.8 Å². The van der Waals surface area contributed by atoms with Crippen LogP contribution in [0.3, 0.4) is 0 Å². The number of hydrogen-bond acceptors (Lipinski definition) is 2. The summed E-state index contributed by atoms with van der Waals surface area (Å²) in [5, 5.41) is 0. The first-order valence-corrected chi connectivity index (χ1v) is 8.40. The number of rotatable bonds is 1. The number of nitrogens with zero attached hydrogens (tertiary/aromatic N) is 1. The van der Waals surface area contributed by atoms with Crippen LogP contribution in [0.15, 0.2) is 18.2 Å². The molecule has 1 aliphatic carbocycles. The molecule has 0 radical (unpaired) electrons. The van der Waals surface area contributed by atoms with Crippen molar-refractivity contribution in [1.82, 2.24) is 4.90 Å². The summed E-state index contributed by atoms with van der Waals surface area (Å²) in [5.41, 5.74) is 9.27. The summed E-state index contributed by atoms with van der Waals surface area (Å²) in [4.78, 5) is 14.9. The molecule has 3 heteroatoms. The summed E-state index contributed by atoms with van der Waals surface area (Å²) in [7, 11) is 0. The Morgan fingerprint density at radius 2 is 1.76 bits per heavy atom. The Balaban J connectivity index is 1.68. The Hall–Kier alpha value is -1.51. The van der Waals surface area contributed by atoms with Crippen LogP contribution in [0.25, 0.3) is 0 Å². The van der Waals surface area contributed by atoms with Gasteiger partial charge in [-0.05, 0) is 42.5 Å². The average molecular weight is 286 g/mol. The van der Waals surface area contributed by atoms with Crippen molar-refractivity contribution in [2.24, 2.45) is 5.92 Å². The van der Waals surface area contributed by atoms with Crippen LogP contribution in [0.5, 0.6) is 0 Å². The Morgan fingerprint density at radius 3 is 2.52 bits per heavy atom. The maximum Gasteiger partial charge on any atom is 0.225 e. The van der Waals surface area contributed by atoms with E-state index in [9.17, 15) is 4.79 Å². The molecular weight excluding hydrogens is 260 g/mol. The molecule has 1 aromatic rings. The largest absolute Gasteiger partial charge is 0.399 e. The Bertz CT molecular complexity index is 504. The molecule has 1 aliphatic heterocycles. The standard InChI is InChI=1S/C18H26N2O/c19-17-9-8-14-10-11-20(13-16(14)12-17)18(21)15-6-4-2-1-3-5-7-15/h8-9,12,15H,1-7,10-11,13,19H2. The van der Waals surface area contributed by atoms with Gasteiger partial charge < -0.3 is 10.6 Å². The van der Waals surface area contributed by atoms with E-state index in [-0.39, 0.29) is 5.92 Å². The van der Waals surface area contributed by atoms with Crippen molar-refractivity contribution in [1.29, 1.82) is 0 Å². The number of fused-ring (bicyclic) bond motifs is 1. The van der Waals surface area contributed by atoms with E-state index in [2.05, 4.69) is 11.0 Å². The van der Waals surface area contributed by atoms with E-state index in [0.29, 0.717) is 5.91 Å². The Labute approximate surface area is 127 Å². The maximum atomic E-state index is 12.8. The fourth-order valence-electron chi connectivity index (χ4n) is 3.73. The third-order valence-corrected chi connectivity index (χ3v) is 5.01. The highest BCUT2D eigenvalue weighted by Gasteiger charge is 2.27. The van der Waals surface area contributed by atoms with E-state index in [1.54, 1.807) is 0 Å². The summed E-state index contributed by atoms with van der Waals surface area (Å²) in [5.74, 6) is 0.637. The molecule has 1 saturated carbocycles. The molecule has 1 fully saturated rings. The van der Waals surface area contributed by atoms with Gasteiger partial charge in [-0.3, -0.25) is 4.79 Å². The van der Waals surface area contributed by atoms with Crippen LogP contribution < -0.4 is 5.73 Å². The SMILES string of the molecule is Nc1ccc2c(c1)CN(C(=O)C1CCCCCCC1)CC2. The van der Waals surface area contributed by atoms with Gasteiger partial charge in [0.05, 0.1) is 0 Å². The molecule has 0 aromatic heterocycles. The molecule has 1 aromatic carbocycles. The van der Waals surface area contributed by atoms with Crippen molar-refractivity contribution in [3.05, 3.63) is 29.3 Å². The third-order valence-electron chi connectivity index (χ3n) is 5.01. The van der Waals surface area contributed by atoms with Gasteiger partial charge in [0.2, 0.25) is 5.91 Å². The average Bonchev–Trinajstić information content (AvgIpc) is 2.45. The lowest BCUT2D eigenvalue weighted by atomic mass is 9.89. The topological polar surface area (TPSA) is 46.3 Å². The fraction of sp³-hybridized carbons (Fsp3) is 0.611. The zero-order chi connectivity index (χ0) is 14.7. The monoisotopic (exact) mass is 286 g/mol. The molecule has 3 nitrogen and oxygen atoms in total. The number of carbonyl (C=O) groups is 1. The molecule has 0 saturated heterocycles. The molecule has 1 heterocycles. The molecule has 0 atom stereocenters. The van der Waals surface area contributed by atoms with Gasteiger partial charge in [-0.25, -0.2) is 0 Å². The Kier molecular flexibility index (Phi) is 4.47. The molecule has 0 bridgehead atoms. The number of nitrogens with two attached hydrogens (primary N) is 1. The summed E-state index contributed by atoms with van der Waals surface area (Å²) in [6.45, 7) is 1.61. The predicted molar refractivity (Wildman–Crippen MR) is 85.8 cm³/mol. The van der Waals surface area contributed by atoms with Crippen molar-refractivity contribution < 1.29 is 4.79 Å². The van der Waals surface area contributed by atoms with E-state index in [4.69, 9.17) is 5.73 Å². The van der Waals surface area contributed by atoms with Gasteiger partial charge in [0.25, 0.3) is 0 Å². The predicted octanol–water partition coefficient (Wildman–Crippen LogP) is 3.51. The van der Waals surface area contributed by atoms with Crippen molar-refractivity contribution in [3.8, 4) is 0 Å². The van der Waals surface area contributed by atoms with Crippen LogP contribution >= 0.6 is 0 Å². The summed E-state index contributed by atoms with van der Waals surface area (Å²) >= 11 is 0. The minimum atomic E-state index is 0.257. The van der Waals surface area contributed by atoms with Crippen molar-refractivity contribution >= 4 is 11.6 Å². The summed E-state index contributed by atoms with van der Waals surface area (Å²) in [6, 6.07) is 6.11. The quantitative estimate of drug-likeness (QED) is 0.803. The normalized spacial score (nSPS) is 20.5. The van der Waals surface area contributed by atoms with Gasteiger partial charge in [0, 0.05) is 24.7 Å². The van der Waals surface area contributed by atoms with Crippen LogP contribution in [0.2, 0.25) is 0 Å². The molecule has 2 N–H and O–H groups in total. The molecule has 2 aliphatic rings. The van der Waals surface area contributed by atoms with Gasteiger partial charge in [0.15, 0.2) is 0 Å². The van der Waals surface area contributed by atoms with Gasteiger partial charge in [0.1, 0.15) is 0 Å². The highest BCUT2D eigenvalue weighted by Crippen LogP contribution is 2.27. The molecule has 3 rings (SSSR count).